The largest absolute Gasteiger partial charge is 0.480 e. The Morgan fingerprint density at radius 3 is 2.70 bits per heavy atom. The van der Waals surface area contributed by atoms with E-state index in [-0.39, 0.29) is 17.1 Å². The molecule has 224 valence electrons. The van der Waals surface area contributed by atoms with Crippen LogP contribution in [0.4, 0.5) is 8.78 Å². The molecule has 13 nitrogen and oxygen atoms in total. The summed E-state index contributed by atoms with van der Waals surface area (Å²) in [6, 6.07) is 6.26. The average Bonchev–Trinajstić information content (AvgIpc) is 3.73. The van der Waals surface area contributed by atoms with Crippen LogP contribution in [0.25, 0.3) is 27.2 Å². The quantitative estimate of drug-likeness (QED) is 0.215. The monoisotopic (exact) mass is 633 g/mol. The molecule has 1 saturated heterocycles. The molecule has 1 aliphatic rings. The van der Waals surface area contributed by atoms with E-state index in [0.717, 1.165) is 27.4 Å². The van der Waals surface area contributed by atoms with Crippen LogP contribution >= 0.6 is 22.9 Å². The van der Waals surface area contributed by atoms with Gasteiger partial charge in [0.1, 0.15) is 65.7 Å². The number of aliphatic hydroxyl groups excluding tert-OH is 2. The van der Waals surface area contributed by atoms with Gasteiger partial charge in [-0.1, -0.05) is 16.8 Å². The van der Waals surface area contributed by atoms with Crippen molar-refractivity contribution in [3.63, 3.8) is 0 Å². The molecule has 1 aliphatic heterocycles. The summed E-state index contributed by atoms with van der Waals surface area (Å²) in [4.78, 5) is 16.0. The molecule has 6 rings (SSSR count). The highest BCUT2D eigenvalue weighted by Gasteiger charge is 2.50. The van der Waals surface area contributed by atoms with Crippen molar-refractivity contribution < 1.29 is 38.4 Å². The molecule has 0 aliphatic carbocycles. The molecule has 17 heteroatoms. The number of benzene rings is 2. The van der Waals surface area contributed by atoms with Gasteiger partial charge in [-0.25, -0.2) is 23.2 Å². The lowest BCUT2D eigenvalue weighted by Crippen LogP contribution is -2.54. The zero-order chi connectivity index (χ0) is 30.4. The van der Waals surface area contributed by atoms with Crippen molar-refractivity contribution in [1.82, 2.24) is 34.7 Å². The number of halogens is 3. The number of carboxylic acid groups (broad SMARTS) is 1. The minimum Gasteiger partial charge on any atom is -0.480 e. The number of aryl methyl sites for hydroxylation is 1. The van der Waals surface area contributed by atoms with Crippen LogP contribution in [-0.2, 0) is 14.3 Å². The van der Waals surface area contributed by atoms with E-state index in [0.29, 0.717) is 5.69 Å². The van der Waals surface area contributed by atoms with E-state index < -0.39 is 66.3 Å². The number of hydrogen-bond acceptors (Lipinski definition) is 11. The Morgan fingerprint density at radius 1 is 1.21 bits per heavy atom. The van der Waals surface area contributed by atoms with Gasteiger partial charge in [0, 0.05) is 11.3 Å². The number of aliphatic carboxylic acids is 1. The summed E-state index contributed by atoms with van der Waals surface area (Å²) >= 11 is 7.10. The first-order valence-electron chi connectivity index (χ1n) is 12.8. The number of thiazole rings is 1. The topological polar surface area (TPSA) is 171 Å². The Morgan fingerprint density at radius 2 is 1.98 bits per heavy atom. The lowest BCUT2D eigenvalue weighted by molar-refractivity contribution is -0.225. The average molecular weight is 634 g/mol. The molecule has 5 aromatic rings. The fraction of sp³-hybridized carbons (Fsp3) is 0.308. The van der Waals surface area contributed by atoms with Gasteiger partial charge >= 0.3 is 5.97 Å². The van der Waals surface area contributed by atoms with Crippen molar-refractivity contribution in [1.29, 1.82) is 0 Å². The Kier molecular flexibility index (Phi) is 7.89. The highest BCUT2D eigenvalue weighted by molar-refractivity contribution is 7.18. The number of aliphatic hydroxyl groups is 2. The second-order valence-corrected chi connectivity index (χ2v) is 11.3. The van der Waals surface area contributed by atoms with Gasteiger partial charge in [-0.15, -0.1) is 26.6 Å². The van der Waals surface area contributed by atoms with Crippen LogP contribution in [0.1, 0.15) is 23.0 Å². The molecule has 5 atom stereocenters. The SMILES string of the molecule is Cc1nc2ccc(-n3cnnc3[C@@H]3O[C@H](CO)[C@H](O)[C@H](n4cc(-c5cc(F)c(Cl)c(F)c5)nn4)[C@H]3OCC(=O)O)cc2s1. The first kappa shape index (κ1) is 29.2. The number of fused-ring (bicyclic) bond motifs is 1. The van der Waals surface area contributed by atoms with Crippen LogP contribution < -0.4 is 0 Å². The zero-order valence-corrected chi connectivity index (χ0v) is 23.7. The molecule has 0 amide bonds. The van der Waals surface area contributed by atoms with Gasteiger partial charge in [-0.3, -0.25) is 4.57 Å². The van der Waals surface area contributed by atoms with Gasteiger partial charge in [0.2, 0.25) is 0 Å². The summed E-state index contributed by atoms with van der Waals surface area (Å²) in [5.41, 5.74) is 1.50. The van der Waals surface area contributed by atoms with Gasteiger partial charge in [0.25, 0.3) is 0 Å². The summed E-state index contributed by atoms with van der Waals surface area (Å²) in [7, 11) is 0. The predicted molar refractivity (Wildman–Crippen MR) is 147 cm³/mol. The van der Waals surface area contributed by atoms with Crippen molar-refractivity contribution in [2.75, 3.05) is 13.2 Å². The van der Waals surface area contributed by atoms with E-state index in [9.17, 15) is 28.9 Å². The van der Waals surface area contributed by atoms with E-state index >= 15 is 0 Å². The Labute approximate surface area is 249 Å². The van der Waals surface area contributed by atoms with Crippen LogP contribution in [-0.4, -0.2) is 87.6 Å². The maximum atomic E-state index is 14.2. The lowest BCUT2D eigenvalue weighted by Gasteiger charge is -2.43. The van der Waals surface area contributed by atoms with E-state index in [1.165, 1.54) is 28.5 Å². The van der Waals surface area contributed by atoms with E-state index in [1.807, 2.05) is 19.1 Å². The van der Waals surface area contributed by atoms with E-state index in [2.05, 4.69) is 25.5 Å². The molecular weight excluding hydrogens is 612 g/mol. The van der Waals surface area contributed by atoms with E-state index in [4.69, 9.17) is 21.1 Å². The maximum absolute atomic E-state index is 14.2. The Balaban J connectivity index is 1.42. The molecule has 2 aromatic carbocycles. The number of nitrogens with zero attached hydrogens (tertiary/aromatic N) is 7. The molecule has 0 saturated carbocycles. The van der Waals surface area contributed by atoms with Crippen molar-refractivity contribution in [2.45, 2.75) is 37.4 Å². The Bertz CT molecular complexity index is 1790. The second kappa shape index (κ2) is 11.6. The number of ether oxygens (including phenoxy) is 2. The minimum absolute atomic E-state index is 0.0129. The smallest absolute Gasteiger partial charge is 0.329 e. The van der Waals surface area contributed by atoms with Crippen LogP contribution in [0.2, 0.25) is 5.02 Å². The third kappa shape index (κ3) is 5.48. The first-order valence-corrected chi connectivity index (χ1v) is 14.0. The molecule has 0 radical (unpaired) electrons. The molecule has 43 heavy (non-hydrogen) atoms. The van der Waals surface area contributed by atoms with Gasteiger partial charge in [0.15, 0.2) is 5.82 Å². The number of carbonyl (C=O) groups is 1. The summed E-state index contributed by atoms with van der Waals surface area (Å²) in [6.45, 7) is 0.479. The summed E-state index contributed by atoms with van der Waals surface area (Å²) < 4.78 is 43.8. The summed E-state index contributed by atoms with van der Waals surface area (Å²) in [5, 5.41) is 47.3. The predicted octanol–water partition coefficient (Wildman–Crippen LogP) is 2.88. The molecule has 0 spiro atoms. The molecule has 0 bridgehead atoms. The number of carboxylic acids is 1. The first-order chi connectivity index (χ1) is 20.6. The fourth-order valence-electron chi connectivity index (χ4n) is 5.03. The third-order valence-corrected chi connectivity index (χ3v) is 8.24. The lowest BCUT2D eigenvalue weighted by atomic mass is 9.91. The number of rotatable bonds is 8. The van der Waals surface area contributed by atoms with Crippen LogP contribution in [0, 0.1) is 18.6 Å². The molecule has 0 unspecified atom stereocenters. The van der Waals surface area contributed by atoms with Gasteiger partial charge < -0.3 is 24.8 Å². The zero-order valence-electron chi connectivity index (χ0n) is 22.1. The van der Waals surface area contributed by atoms with Crippen molar-refractivity contribution in [3.8, 4) is 16.9 Å². The van der Waals surface area contributed by atoms with Gasteiger partial charge in [-0.2, -0.15) is 0 Å². The molecule has 3 N–H and O–H groups in total. The minimum atomic E-state index is -1.49. The van der Waals surface area contributed by atoms with Gasteiger partial charge in [-0.05, 0) is 37.3 Å². The van der Waals surface area contributed by atoms with Crippen LogP contribution in [0.5, 0.6) is 0 Å². The maximum Gasteiger partial charge on any atom is 0.329 e. The van der Waals surface area contributed by atoms with Crippen LogP contribution in [0.3, 0.4) is 0 Å². The molecule has 4 heterocycles. The van der Waals surface area contributed by atoms with Crippen LogP contribution in [0.15, 0.2) is 42.9 Å². The summed E-state index contributed by atoms with van der Waals surface area (Å²) in [5.74, 6) is -3.12. The summed E-state index contributed by atoms with van der Waals surface area (Å²) in [6.07, 6.45) is -2.39. The number of aromatic nitrogens is 7. The molecular formula is C26H22ClF2N7O6S. The molecule has 3 aromatic heterocycles. The highest BCUT2D eigenvalue weighted by Crippen LogP contribution is 2.40. The van der Waals surface area contributed by atoms with Crippen molar-refractivity contribution >= 4 is 39.1 Å². The second-order valence-electron chi connectivity index (χ2n) is 9.71. The Hall–Kier alpha value is -3.93. The van der Waals surface area contributed by atoms with Crippen molar-refractivity contribution in [3.05, 3.63) is 70.3 Å². The van der Waals surface area contributed by atoms with Gasteiger partial charge in [0.05, 0.1) is 28.0 Å². The fourth-order valence-corrected chi connectivity index (χ4v) is 6.00. The standard InChI is InChI=1S/C26H22ClF2N7O6S/c1-11-31-16-3-2-13(6-19(16)43-11)35-10-30-33-26(35)25-24(41-9-20(38)39)22(23(40)18(8-37)42-25)36-7-17(32-34-36)12-4-14(28)21(27)15(29)5-12/h2-7,10,18,22-25,37,40H,8-9H2,1H3,(H,38,39)/t18-,22+,23+,24-,25-/m1/s1. The number of hydrogen-bond donors (Lipinski definition) is 3. The van der Waals surface area contributed by atoms with E-state index in [1.54, 1.807) is 10.6 Å². The molecule has 1 fully saturated rings. The normalized spacial score (nSPS) is 22.3. The third-order valence-electron chi connectivity index (χ3n) is 6.95. The highest BCUT2D eigenvalue weighted by atomic mass is 35.5. The van der Waals surface area contributed by atoms with Crippen molar-refractivity contribution in [2.24, 2.45) is 0 Å².